The minimum Gasteiger partial charge on any atom is -0.460 e. The van der Waals surface area contributed by atoms with Crippen LogP contribution in [0.15, 0.2) is 52.9 Å². The lowest BCUT2D eigenvalue weighted by atomic mass is 9.98. The maximum absolute atomic E-state index is 12.5. The third-order valence-electron chi connectivity index (χ3n) is 4.79. The van der Waals surface area contributed by atoms with Crippen molar-refractivity contribution in [3.63, 3.8) is 0 Å². The fraction of sp³-hybridized carbons (Fsp3) is 0.125. The molecule has 0 aliphatic heterocycles. The molecule has 0 bridgehead atoms. The van der Waals surface area contributed by atoms with Gasteiger partial charge in [-0.15, -0.1) is 0 Å². The van der Waals surface area contributed by atoms with Crippen LogP contribution in [0.2, 0.25) is 15.1 Å². The largest absolute Gasteiger partial charge is 0.460 e. The number of rotatable bonds is 5. The number of amides is 1. The van der Waals surface area contributed by atoms with Crippen LogP contribution >= 0.6 is 34.8 Å². The average molecular weight is 504 g/mol. The molecular formula is C24H17Cl3N2O4. The number of carbonyl (C=O) groups is 2. The van der Waals surface area contributed by atoms with Crippen LogP contribution in [0.25, 0.3) is 33.5 Å². The monoisotopic (exact) mass is 502 g/mol. The van der Waals surface area contributed by atoms with Gasteiger partial charge in [0.2, 0.25) is 17.4 Å². The van der Waals surface area contributed by atoms with Crippen LogP contribution in [0.1, 0.15) is 24.4 Å². The molecule has 0 radical (unpaired) electrons. The van der Waals surface area contributed by atoms with E-state index < -0.39 is 5.97 Å². The molecule has 6 nitrogen and oxygen atoms in total. The molecule has 9 heteroatoms. The summed E-state index contributed by atoms with van der Waals surface area (Å²) in [6.45, 7) is 3.16. The number of nitrogens with one attached hydrogen (secondary N) is 1. The molecule has 2 heterocycles. The van der Waals surface area contributed by atoms with Gasteiger partial charge in [0.1, 0.15) is 5.69 Å². The van der Waals surface area contributed by atoms with Gasteiger partial charge in [-0.1, -0.05) is 46.9 Å². The third-order valence-corrected chi connectivity index (χ3v) is 5.59. The van der Waals surface area contributed by atoms with Crippen molar-refractivity contribution in [2.75, 3.05) is 11.9 Å². The molecule has 0 atom stereocenters. The summed E-state index contributed by atoms with van der Waals surface area (Å²) in [7, 11) is 0. The number of hydrogen-bond donors (Lipinski definition) is 1. The zero-order valence-electron chi connectivity index (χ0n) is 17.5. The van der Waals surface area contributed by atoms with Gasteiger partial charge >= 0.3 is 5.97 Å². The second kappa shape index (κ2) is 9.43. The number of ether oxygens (including phenoxy) is 1. The number of hydrogen-bond acceptors (Lipinski definition) is 5. The molecule has 4 rings (SSSR count). The van der Waals surface area contributed by atoms with Gasteiger partial charge in [-0.2, -0.15) is 0 Å². The molecule has 4 aromatic rings. The van der Waals surface area contributed by atoms with Gasteiger partial charge in [0, 0.05) is 28.1 Å². The molecule has 0 aliphatic rings. The van der Waals surface area contributed by atoms with Crippen molar-refractivity contribution in [1.29, 1.82) is 0 Å². The minimum absolute atomic E-state index is 0.139. The Morgan fingerprint density at radius 3 is 2.33 bits per heavy atom. The van der Waals surface area contributed by atoms with E-state index in [0.29, 0.717) is 37.3 Å². The number of furan rings is 1. The van der Waals surface area contributed by atoms with E-state index in [2.05, 4.69) is 10.3 Å². The van der Waals surface area contributed by atoms with E-state index >= 15 is 0 Å². The Kier molecular flexibility index (Phi) is 6.61. The molecule has 1 amide bonds. The topological polar surface area (TPSA) is 81.4 Å². The number of carbonyl (C=O) groups excluding carboxylic acids is 2. The van der Waals surface area contributed by atoms with E-state index in [0.717, 1.165) is 5.56 Å². The summed E-state index contributed by atoms with van der Waals surface area (Å²) >= 11 is 18.6. The smallest absolute Gasteiger partial charge is 0.376 e. The van der Waals surface area contributed by atoms with Crippen molar-refractivity contribution in [2.45, 2.75) is 13.8 Å². The molecule has 2 aromatic carbocycles. The van der Waals surface area contributed by atoms with Gasteiger partial charge in [0.05, 0.1) is 22.7 Å². The highest BCUT2D eigenvalue weighted by Gasteiger charge is 2.26. The van der Waals surface area contributed by atoms with Gasteiger partial charge in [0.25, 0.3) is 0 Å². The minimum atomic E-state index is -0.710. The van der Waals surface area contributed by atoms with E-state index in [1.807, 2.05) is 12.1 Å². The number of halogens is 3. The maximum Gasteiger partial charge on any atom is 0.376 e. The molecule has 0 saturated heterocycles. The second-order valence-electron chi connectivity index (χ2n) is 7.08. The lowest BCUT2D eigenvalue weighted by Gasteiger charge is -2.12. The predicted molar refractivity (Wildman–Crippen MR) is 130 cm³/mol. The number of aromatic nitrogens is 1. The highest BCUT2D eigenvalue weighted by molar-refractivity contribution is 6.36. The fourth-order valence-electron chi connectivity index (χ4n) is 3.40. The SMILES string of the molecule is CCOC(=O)c1oc2nc(-c3ccc(Cl)cc3Cl)c(-c3ccc(Cl)cc3)cc2c1NC(C)=O. The van der Waals surface area contributed by atoms with Crippen LogP contribution in [-0.2, 0) is 9.53 Å². The summed E-state index contributed by atoms with van der Waals surface area (Å²) in [5.41, 5.74) is 2.93. The first kappa shape index (κ1) is 23.1. The van der Waals surface area contributed by atoms with E-state index in [4.69, 9.17) is 44.0 Å². The summed E-state index contributed by atoms with van der Waals surface area (Å²) in [4.78, 5) is 29.1. The first-order chi connectivity index (χ1) is 15.8. The first-order valence-corrected chi connectivity index (χ1v) is 11.1. The van der Waals surface area contributed by atoms with Crippen LogP contribution in [-0.4, -0.2) is 23.5 Å². The van der Waals surface area contributed by atoms with Gasteiger partial charge < -0.3 is 14.5 Å². The number of anilines is 1. The molecule has 0 aliphatic carbocycles. The number of pyridine rings is 1. The zero-order chi connectivity index (χ0) is 23.7. The summed E-state index contributed by atoms with van der Waals surface area (Å²) in [5, 5.41) is 4.55. The van der Waals surface area contributed by atoms with Crippen LogP contribution < -0.4 is 5.32 Å². The fourth-order valence-corrected chi connectivity index (χ4v) is 4.02. The average Bonchev–Trinajstić information content (AvgIpc) is 3.10. The Morgan fingerprint density at radius 2 is 1.70 bits per heavy atom. The Bertz CT molecular complexity index is 1380. The van der Waals surface area contributed by atoms with Crippen molar-refractivity contribution in [3.05, 3.63) is 69.4 Å². The van der Waals surface area contributed by atoms with E-state index in [1.54, 1.807) is 43.3 Å². The molecule has 0 fully saturated rings. The molecule has 1 N–H and O–H groups in total. The summed E-state index contributed by atoms with van der Waals surface area (Å²) < 4.78 is 10.9. The zero-order valence-corrected chi connectivity index (χ0v) is 19.8. The normalized spacial score (nSPS) is 10.9. The number of esters is 1. The summed E-state index contributed by atoms with van der Waals surface area (Å²) in [6, 6.07) is 14.0. The van der Waals surface area contributed by atoms with Crippen LogP contribution in [0.3, 0.4) is 0 Å². The van der Waals surface area contributed by atoms with E-state index in [-0.39, 0.29) is 29.7 Å². The highest BCUT2D eigenvalue weighted by Crippen LogP contribution is 2.41. The van der Waals surface area contributed by atoms with Crippen molar-refractivity contribution in [2.24, 2.45) is 0 Å². The van der Waals surface area contributed by atoms with Gasteiger partial charge in [-0.25, -0.2) is 9.78 Å². The lowest BCUT2D eigenvalue weighted by Crippen LogP contribution is -2.11. The van der Waals surface area contributed by atoms with Gasteiger partial charge in [-0.05, 0) is 48.9 Å². The quantitative estimate of drug-likeness (QED) is 0.290. The molecular weight excluding hydrogens is 487 g/mol. The predicted octanol–water partition coefficient (Wildman–Crippen LogP) is 7.26. The molecule has 33 heavy (non-hydrogen) atoms. The van der Waals surface area contributed by atoms with Crippen molar-refractivity contribution in [1.82, 2.24) is 4.98 Å². The van der Waals surface area contributed by atoms with E-state index in [9.17, 15) is 9.59 Å². The van der Waals surface area contributed by atoms with Crippen LogP contribution in [0, 0.1) is 0 Å². The van der Waals surface area contributed by atoms with Gasteiger partial charge in [-0.3, -0.25) is 4.79 Å². The molecule has 0 unspecified atom stereocenters. The standard InChI is InChI=1S/C24H17Cl3N2O4/c1-3-32-24(31)22-21(28-12(2)30)18-11-17(13-4-6-14(25)7-5-13)20(29-23(18)33-22)16-9-8-15(26)10-19(16)27/h4-11H,3H2,1-2H3,(H,28,30). The Labute approximate surface area is 204 Å². The van der Waals surface area contributed by atoms with Crippen molar-refractivity contribution >= 4 is 63.5 Å². The Morgan fingerprint density at radius 1 is 1.00 bits per heavy atom. The van der Waals surface area contributed by atoms with Gasteiger partial charge in [0.15, 0.2) is 0 Å². The summed E-state index contributed by atoms with van der Waals surface area (Å²) in [6.07, 6.45) is 0. The summed E-state index contributed by atoms with van der Waals surface area (Å²) in [5.74, 6) is -1.23. The molecule has 168 valence electrons. The van der Waals surface area contributed by atoms with Crippen molar-refractivity contribution in [3.8, 4) is 22.4 Å². The van der Waals surface area contributed by atoms with Crippen molar-refractivity contribution < 1.29 is 18.7 Å². The van der Waals surface area contributed by atoms with E-state index in [1.165, 1.54) is 6.92 Å². The maximum atomic E-state index is 12.5. The van der Waals surface area contributed by atoms with Crippen LogP contribution in [0.5, 0.6) is 0 Å². The lowest BCUT2D eigenvalue weighted by molar-refractivity contribution is -0.114. The molecule has 2 aromatic heterocycles. The number of benzene rings is 2. The highest BCUT2D eigenvalue weighted by atomic mass is 35.5. The van der Waals surface area contributed by atoms with Crippen LogP contribution in [0.4, 0.5) is 5.69 Å². The Hall–Kier alpha value is -3.06. The molecule has 0 spiro atoms. The molecule has 0 saturated carbocycles. The third kappa shape index (κ3) is 4.69. The first-order valence-electron chi connectivity index (χ1n) is 9.92. The number of fused-ring (bicyclic) bond motifs is 1. The second-order valence-corrected chi connectivity index (χ2v) is 8.36. The Balaban J connectivity index is 2.05. The number of nitrogens with zero attached hydrogens (tertiary/aromatic N) is 1.